The van der Waals surface area contributed by atoms with E-state index in [2.05, 4.69) is 28.7 Å². The fourth-order valence-corrected chi connectivity index (χ4v) is 3.38. The molecule has 122 valence electrons. The maximum Gasteiger partial charge on any atom is 0.243 e. The highest BCUT2D eigenvalue weighted by molar-refractivity contribution is 7.89. The van der Waals surface area contributed by atoms with E-state index in [0.717, 1.165) is 0 Å². The lowest BCUT2D eigenvalue weighted by Crippen LogP contribution is -2.31. The largest absolute Gasteiger partial charge is 0.494 e. The molecule has 0 saturated heterocycles. The molecule has 0 aliphatic carbocycles. The Kier molecular flexibility index (Phi) is 5.24. The van der Waals surface area contributed by atoms with E-state index in [1.54, 1.807) is 6.07 Å². The van der Waals surface area contributed by atoms with E-state index >= 15 is 0 Å². The minimum Gasteiger partial charge on any atom is -0.494 e. The summed E-state index contributed by atoms with van der Waals surface area (Å²) < 4.78 is 33.3. The van der Waals surface area contributed by atoms with Gasteiger partial charge in [0.25, 0.3) is 0 Å². The van der Waals surface area contributed by atoms with E-state index in [-0.39, 0.29) is 18.0 Å². The van der Waals surface area contributed by atoms with Crippen molar-refractivity contribution < 1.29 is 13.2 Å². The molecule has 0 bridgehead atoms. The topological polar surface area (TPSA) is 90.2 Å². The molecule has 0 atom stereocenters. The van der Waals surface area contributed by atoms with Crippen LogP contribution in [0.1, 0.15) is 0 Å². The van der Waals surface area contributed by atoms with Crippen molar-refractivity contribution >= 4 is 10.0 Å². The second-order valence-corrected chi connectivity index (χ2v) is 6.43. The number of tetrazole rings is 1. The second-order valence-electron chi connectivity index (χ2n) is 4.49. The summed E-state index contributed by atoms with van der Waals surface area (Å²) in [5.41, 5.74) is 0.537. The van der Waals surface area contributed by atoms with Crippen molar-refractivity contribution in [2.75, 3.05) is 20.2 Å². The summed E-state index contributed by atoms with van der Waals surface area (Å²) in [5, 5.41) is 10.9. The Bertz CT molecular complexity index is 777. The van der Waals surface area contributed by atoms with Gasteiger partial charge in [-0.2, -0.15) is 8.99 Å². The first kappa shape index (κ1) is 16.8. The Hall–Kier alpha value is -2.52. The summed E-state index contributed by atoms with van der Waals surface area (Å²) in [6, 6.07) is 4.50. The molecule has 1 aromatic carbocycles. The molecular formula is C14H17N5O3S. The molecule has 0 aliphatic heterocycles. The third-order valence-corrected chi connectivity index (χ3v) is 4.88. The molecule has 2 rings (SSSR count). The molecule has 2 aromatic rings. The maximum absolute atomic E-state index is 12.7. The average molecular weight is 335 g/mol. The minimum absolute atomic E-state index is 0.106. The lowest BCUT2D eigenvalue weighted by molar-refractivity contribution is 0.409. The number of ether oxygens (including phenoxy) is 1. The Morgan fingerprint density at radius 2 is 2.00 bits per heavy atom. The number of hydrogen-bond donors (Lipinski definition) is 0. The Labute approximate surface area is 134 Å². The van der Waals surface area contributed by atoms with Gasteiger partial charge in [-0.25, -0.2) is 8.42 Å². The number of nitrogens with zero attached hydrogens (tertiary/aromatic N) is 5. The molecule has 0 saturated carbocycles. The summed E-state index contributed by atoms with van der Waals surface area (Å²) >= 11 is 0. The average Bonchev–Trinajstić information content (AvgIpc) is 3.08. The van der Waals surface area contributed by atoms with Crippen LogP contribution in [0.25, 0.3) is 5.69 Å². The van der Waals surface area contributed by atoms with Gasteiger partial charge in [-0.3, -0.25) is 0 Å². The molecule has 0 N–H and O–H groups in total. The van der Waals surface area contributed by atoms with Crippen LogP contribution in [-0.4, -0.2) is 53.1 Å². The van der Waals surface area contributed by atoms with Crippen molar-refractivity contribution in [3.8, 4) is 11.4 Å². The summed E-state index contributed by atoms with van der Waals surface area (Å²) in [4.78, 5) is 0.106. The monoisotopic (exact) mass is 335 g/mol. The third kappa shape index (κ3) is 3.46. The minimum atomic E-state index is -3.69. The molecule has 0 radical (unpaired) electrons. The first-order valence-corrected chi connectivity index (χ1v) is 8.12. The highest BCUT2D eigenvalue weighted by Crippen LogP contribution is 2.27. The first-order chi connectivity index (χ1) is 11.0. The van der Waals surface area contributed by atoms with Crippen molar-refractivity contribution in [1.29, 1.82) is 0 Å². The number of methoxy groups -OCH3 is 1. The van der Waals surface area contributed by atoms with Gasteiger partial charge in [0.1, 0.15) is 17.8 Å². The molecule has 0 aliphatic rings. The predicted molar refractivity (Wildman–Crippen MR) is 84.9 cm³/mol. The molecule has 23 heavy (non-hydrogen) atoms. The standard InChI is InChI=1S/C14H17N5O3S/c1-4-8-18(9-5-2)23(20,21)12-6-7-13(14(10-12)22-3)19-11-15-16-17-19/h4-7,10-11H,1-2,8-9H2,3H3. The van der Waals surface area contributed by atoms with Crippen LogP contribution in [0, 0.1) is 0 Å². The fraction of sp³-hybridized carbons (Fsp3) is 0.214. The van der Waals surface area contributed by atoms with Gasteiger partial charge in [0.05, 0.1) is 12.0 Å². The second kappa shape index (κ2) is 7.16. The van der Waals surface area contributed by atoms with Crippen LogP contribution in [0.3, 0.4) is 0 Å². The van der Waals surface area contributed by atoms with Gasteiger partial charge in [-0.1, -0.05) is 12.2 Å². The van der Waals surface area contributed by atoms with Gasteiger partial charge in [0, 0.05) is 19.2 Å². The molecule has 0 unspecified atom stereocenters. The molecular weight excluding hydrogens is 318 g/mol. The van der Waals surface area contributed by atoms with E-state index in [9.17, 15) is 8.42 Å². The van der Waals surface area contributed by atoms with Crippen molar-refractivity contribution in [1.82, 2.24) is 24.5 Å². The highest BCUT2D eigenvalue weighted by atomic mass is 32.2. The van der Waals surface area contributed by atoms with Gasteiger partial charge in [0.2, 0.25) is 10.0 Å². The van der Waals surface area contributed by atoms with Crippen LogP contribution in [-0.2, 0) is 10.0 Å². The normalized spacial score (nSPS) is 11.4. The first-order valence-electron chi connectivity index (χ1n) is 6.68. The maximum atomic E-state index is 12.7. The lowest BCUT2D eigenvalue weighted by atomic mass is 10.3. The van der Waals surface area contributed by atoms with Gasteiger partial charge >= 0.3 is 0 Å². The molecule has 8 nitrogen and oxygen atoms in total. The number of sulfonamides is 1. The summed E-state index contributed by atoms with van der Waals surface area (Å²) in [6.45, 7) is 7.53. The van der Waals surface area contributed by atoms with E-state index in [1.165, 1.54) is 46.7 Å². The zero-order valence-corrected chi connectivity index (χ0v) is 13.5. The van der Waals surface area contributed by atoms with Gasteiger partial charge in [-0.15, -0.1) is 18.3 Å². The van der Waals surface area contributed by atoms with Gasteiger partial charge < -0.3 is 4.74 Å². The smallest absolute Gasteiger partial charge is 0.243 e. The van der Waals surface area contributed by atoms with Crippen LogP contribution >= 0.6 is 0 Å². The predicted octanol–water partition coefficient (Wildman–Crippen LogP) is 1.03. The molecule has 9 heteroatoms. The van der Waals surface area contributed by atoms with Crippen LogP contribution in [0.2, 0.25) is 0 Å². The summed E-state index contributed by atoms with van der Waals surface area (Å²) in [6.07, 6.45) is 4.44. The van der Waals surface area contributed by atoms with Crippen LogP contribution in [0.5, 0.6) is 5.75 Å². The number of aromatic nitrogens is 4. The number of rotatable bonds is 8. The molecule has 1 aromatic heterocycles. The van der Waals surface area contributed by atoms with Crippen molar-refractivity contribution in [3.05, 3.63) is 49.8 Å². The van der Waals surface area contributed by atoms with Crippen molar-refractivity contribution in [2.24, 2.45) is 0 Å². The van der Waals surface area contributed by atoms with E-state index in [4.69, 9.17) is 4.74 Å². The Balaban J connectivity index is 2.47. The third-order valence-electron chi connectivity index (χ3n) is 3.05. The van der Waals surface area contributed by atoms with Crippen LogP contribution in [0.15, 0.2) is 54.7 Å². The molecule has 0 spiro atoms. The fourth-order valence-electron chi connectivity index (χ4n) is 1.99. The van der Waals surface area contributed by atoms with Crippen LogP contribution < -0.4 is 4.74 Å². The van der Waals surface area contributed by atoms with Crippen LogP contribution in [0.4, 0.5) is 0 Å². The molecule has 1 heterocycles. The summed E-state index contributed by atoms with van der Waals surface area (Å²) in [5.74, 6) is 0.343. The van der Waals surface area contributed by atoms with E-state index in [0.29, 0.717) is 11.4 Å². The van der Waals surface area contributed by atoms with E-state index in [1.807, 2.05) is 0 Å². The number of hydrogen-bond acceptors (Lipinski definition) is 6. The van der Waals surface area contributed by atoms with Crippen molar-refractivity contribution in [2.45, 2.75) is 4.90 Å². The zero-order valence-electron chi connectivity index (χ0n) is 12.7. The highest BCUT2D eigenvalue weighted by Gasteiger charge is 2.24. The van der Waals surface area contributed by atoms with E-state index < -0.39 is 10.0 Å². The van der Waals surface area contributed by atoms with Gasteiger partial charge in [-0.05, 0) is 22.6 Å². The van der Waals surface area contributed by atoms with Gasteiger partial charge in [0.15, 0.2) is 0 Å². The SMILES string of the molecule is C=CCN(CC=C)S(=O)(=O)c1ccc(-n2cnnn2)c(OC)c1. The lowest BCUT2D eigenvalue weighted by Gasteiger charge is -2.19. The molecule has 0 fully saturated rings. The zero-order chi connectivity index (χ0) is 16.9. The Morgan fingerprint density at radius 1 is 1.30 bits per heavy atom. The van der Waals surface area contributed by atoms with Crippen molar-refractivity contribution in [3.63, 3.8) is 0 Å². The summed E-state index contributed by atoms with van der Waals surface area (Å²) in [7, 11) is -2.24. The quantitative estimate of drug-likeness (QED) is 0.669. The molecule has 0 amide bonds. The Morgan fingerprint density at radius 3 is 2.52 bits per heavy atom. The number of benzene rings is 1.